The largest absolute Gasteiger partial charge is 0.350 e. The lowest BCUT2D eigenvalue weighted by Gasteiger charge is -2.42. The summed E-state index contributed by atoms with van der Waals surface area (Å²) in [7, 11) is -3.83. The summed E-state index contributed by atoms with van der Waals surface area (Å²) in [5, 5.41) is 5.68. The molecule has 1 atom stereocenters. The number of rotatable bonds is 6. The van der Waals surface area contributed by atoms with E-state index in [2.05, 4.69) is 10.6 Å². The number of carbonyl (C=O) groups excluding carboxylic acids is 2. The van der Waals surface area contributed by atoms with Crippen molar-refractivity contribution in [1.82, 2.24) is 19.8 Å². The summed E-state index contributed by atoms with van der Waals surface area (Å²) in [4.78, 5) is 27.3. The zero-order chi connectivity index (χ0) is 22.4. The van der Waals surface area contributed by atoms with E-state index in [1.54, 1.807) is 31.2 Å². The number of amides is 3. The van der Waals surface area contributed by atoms with E-state index in [0.29, 0.717) is 25.1 Å². The molecule has 31 heavy (non-hydrogen) atoms. The van der Waals surface area contributed by atoms with Gasteiger partial charge in [0, 0.05) is 31.7 Å². The number of nitrogens with one attached hydrogen (secondary N) is 2. The van der Waals surface area contributed by atoms with Gasteiger partial charge in [0.2, 0.25) is 10.0 Å². The number of hydrogen-bond acceptors (Lipinski definition) is 5. The van der Waals surface area contributed by atoms with Crippen LogP contribution in [-0.4, -0.2) is 67.4 Å². The molecule has 2 fully saturated rings. The average Bonchev–Trinajstić information content (AvgIpc) is 2.75. The van der Waals surface area contributed by atoms with Gasteiger partial charge in [-0.25, -0.2) is 13.2 Å². The molecule has 1 aromatic carbocycles. The second-order valence-corrected chi connectivity index (χ2v) is 10.2. The van der Waals surface area contributed by atoms with E-state index < -0.39 is 28.1 Å². The van der Waals surface area contributed by atoms with Gasteiger partial charge in [-0.1, -0.05) is 30.3 Å². The smallest absolute Gasteiger partial charge is 0.319 e. The number of sulfonamides is 1. The van der Waals surface area contributed by atoms with Crippen molar-refractivity contribution in [2.75, 3.05) is 19.6 Å². The zero-order valence-corrected chi connectivity index (χ0v) is 18.8. The minimum Gasteiger partial charge on any atom is -0.350 e. The first-order valence-electron chi connectivity index (χ1n) is 11.0. The van der Waals surface area contributed by atoms with Crippen LogP contribution in [0, 0.1) is 0 Å². The molecule has 0 spiro atoms. The van der Waals surface area contributed by atoms with Crippen LogP contribution in [0.1, 0.15) is 44.6 Å². The Hall–Kier alpha value is -2.17. The molecule has 0 radical (unpaired) electrons. The third-order valence-electron chi connectivity index (χ3n) is 5.84. The Morgan fingerprint density at radius 2 is 1.77 bits per heavy atom. The standard InChI is InChI=1S/C21H33N5O4S/c1-2-23-21(28)25-13-6-14-26(31(29,30)15-16-7-4-3-5-8-16)20(25)19(27)24-18-11-9-17(22)10-12-18/h3-5,7-8,17-18,20H,2,6,9-15,22H2,1H3,(H,23,28)(H,24,27). The lowest BCUT2D eigenvalue weighted by atomic mass is 9.92. The number of benzene rings is 1. The molecule has 1 aliphatic carbocycles. The van der Waals surface area contributed by atoms with Crippen molar-refractivity contribution in [2.45, 2.75) is 63.0 Å². The van der Waals surface area contributed by atoms with Crippen molar-refractivity contribution in [3.8, 4) is 0 Å². The van der Waals surface area contributed by atoms with Gasteiger partial charge in [0.15, 0.2) is 6.17 Å². The Morgan fingerprint density at radius 3 is 2.42 bits per heavy atom. The number of nitrogens with two attached hydrogens (primary N) is 1. The van der Waals surface area contributed by atoms with Crippen LogP contribution >= 0.6 is 0 Å². The molecule has 4 N–H and O–H groups in total. The molecule has 10 heteroatoms. The number of urea groups is 1. The predicted octanol–water partition coefficient (Wildman–Crippen LogP) is 0.966. The first-order chi connectivity index (χ1) is 14.8. The summed E-state index contributed by atoms with van der Waals surface area (Å²) in [6, 6.07) is 8.49. The number of hydrogen-bond donors (Lipinski definition) is 3. The Balaban J connectivity index is 1.84. The molecule has 9 nitrogen and oxygen atoms in total. The van der Waals surface area contributed by atoms with Crippen molar-refractivity contribution < 1.29 is 18.0 Å². The molecule has 1 heterocycles. The summed E-state index contributed by atoms with van der Waals surface area (Å²) < 4.78 is 27.8. The topological polar surface area (TPSA) is 125 Å². The fourth-order valence-electron chi connectivity index (χ4n) is 4.23. The van der Waals surface area contributed by atoms with Crippen molar-refractivity contribution >= 4 is 22.0 Å². The van der Waals surface area contributed by atoms with E-state index in [1.807, 2.05) is 6.07 Å². The van der Waals surface area contributed by atoms with E-state index in [0.717, 1.165) is 25.7 Å². The highest BCUT2D eigenvalue weighted by molar-refractivity contribution is 7.88. The van der Waals surface area contributed by atoms with E-state index in [1.165, 1.54) is 9.21 Å². The summed E-state index contributed by atoms with van der Waals surface area (Å²) in [5.41, 5.74) is 6.59. The Kier molecular flexibility index (Phi) is 7.90. The van der Waals surface area contributed by atoms with E-state index in [9.17, 15) is 18.0 Å². The van der Waals surface area contributed by atoms with E-state index in [-0.39, 0.29) is 24.4 Å². The normalized spacial score (nSPS) is 25.1. The van der Waals surface area contributed by atoms with Crippen molar-refractivity contribution in [3.05, 3.63) is 35.9 Å². The third kappa shape index (κ3) is 5.96. The van der Waals surface area contributed by atoms with E-state index >= 15 is 0 Å². The van der Waals surface area contributed by atoms with Crippen molar-refractivity contribution in [1.29, 1.82) is 0 Å². The lowest BCUT2D eigenvalue weighted by Crippen LogP contribution is -2.65. The maximum atomic E-state index is 13.3. The van der Waals surface area contributed by atoms with Crippen LogP contribution < -0.4 is 16.4 Å². The van der Waals surface area contributed by atoms with Crippen LogP contribution in [0.4, 0.5) is 4.79 Å². The van der Waals surface area contributed by atoms with Gasteiger partial charge in [0.1, 0.15) is 0 Å². The molecule has 1 saturated carbocycles. The van der Waals surface area contributed by atoms with Gasteiger partial charge in [-0.15, -0.1) is 0 Å². The van der Waals surface area contributed by atoms with Gasteiger partial charge in [-0.05, 0) is 44.6 Å². The second-order valence-electron chi connectivity index (χ2n) is 8.23. The highest BCUT2D eigenvalue weighted by Crippen LogP contribution is 2.23. The van der Waals surface area contributed by atoms with Crippen LogP contribution in [0.15, 0.2) is 30.3 Å². The molecule has 1 aliphatic heterocycles. The summed E-state index contributed by atoms with van der Waals surface area (Å²) in [6.07, 6.45) is 2.38. The molecule has 3 amide bonds. The fourth-order valence-corrected chi connectivity index (χ4v) is 5.93. The quantitative estimate of drug-likeness (QED) is 0.594. The lowest BCUT2D eigenvalue weighted by molar-refractivity contribution is -0.131. The van der Waals surface area contributed by atoms with Crippen LogP contribution in [0.5, 0.6) is 0 Å². The fraction of sp³-hybridized carbons (Fsp3) is 0.619. The first-order valence-corrected chi connectivity index (χ1v) is 12.6. The number of carbonyl (C=O) groups is 2. The Labute approximate surface area is 184 Å². The van der Waals surface area contributed by atoms with Gasteiger partial charge in [-0.3, -0.25) is 9.69 Å². The summed E-state index contributed by atoms with van der Waals surface area (Å²) in [5.74, 6) is -0.679. The minimum atomic E-state index is -3.83. The Morgan fingerprint density at radius 1 is 1.10 bits per heavy atom. The van der Waals surface area contributed by atoms with Crippen molar-refractivity contribution in [2.24, 2.45) is 5.73 Å². The van der Waals surface area contributed by atoms with Gasteiger partial charge < -0.3 is 16.4 Å². The van der Waals surface area contributed by atoms with Gasteiger partial charge in [-0.2, -0.15) is 4.31 Å². The van der Waals surface area contributed by atoms with Crippen LogP contribution in [-0.2, 0) is 20.6 Å². The molecule has 3 rings (SSSR count). The molecule has 1 unspecified atom stereocenters. The maximum absolute atomic E-state index is 13.3. The zero-order valence-electron chi connectivity index (χ0n) is 18.0. The predicted molar refractivity (Wildman–Crippen MR) is 118 cm³/mol. The summed E-state index contributed by atoms with van der Waals surface area (Å²) >= 11 is 0. The summed E-state index contributed by atoms with van der Waals surface area (Å²) in [6.45, 7) is 2.68. The van der Waals surface area contributed by atoms with Crippen LogP contribution in [0.25, 0.3) is 0 Å². The molecule has 2 aliphatic rings. The molecule has 1 saturated heterocycles. The van der Waals surface area contributed by atoms with Gasteiger partial charge in [0.25, 0.3) is 5.91 Å². The molecule has 0 aromatic heterocycles. The maximum Gasteiger partial charge on any atom is 0.319 e. The Bertz CT molecular complexity index is 856. The SMILES string of the molecule is CCNC(=O)N1CCCN(S(=O)(=O)Cc2ccccc2)C1C(=O)NC1CCC(N)CC1. The molecule has 1 aromatic rings. The highest BCUT2D eigenvalue weighted by Gasteiger charge is 2.44. The highest BCUT2D eigenvalue weighted by atomic mass is 32.2. The molecular weight excluding hydrogens is 418 g/mol. The third-order valence-corrected chi connectivity index (χ3v) is 7.63. The minimum absolute atomic E-state index is 0.0657. The molecular formula is C21H33N5O4S. The first kappa shape index (κ1) is 23.5. The van der Waals surface area contributed by atoms with Crippen LogP contribution in [0.2, 0.25) is 0 Å². The monoisotopic (exact) mass is 451 g/mol. The second kappa shape index (κ2) is 10.4. The average molecular weight is 452 g/mol. The van der Waals surface area contributed by atoms with E-state index in [4.69, 9.17) is 5.73 Å². The molecule has 0 bridgehead atoms. The van der Waals surface area contributed by atoms with Crippen molar-refractivity contribution in [3.63, 3.8) is 0 Å². The molecule has 172 valence electrons. The van der Waals surface area contributed by atoms with Gasteiger partial charge in [0.05, 0.1) is 5.75 Å². The number of nitrogens with zero attached hydrogens (tertiary/aromatic N) is 2. The van der Waals surface area contributed by atoms with Crippen LogP contribution in [0.3, 0.4) is 0 Å². The van der Waals surface area contributed by atoms with Gasteiger partial charge >= 0.3 is 6.03 Å².